The summed E-state index contributed by atoms with van der Waals surface area (Å²) in [5.41, 5.74) is 5.56. The third kappa shape index (κ3) is 5.91. The molecular weight excluding hydrogens is 603 g/mol. The summed E-state index contributed by atoms with van der Waals surface area (Å²) >= 11 is 1.63. The summed E-state index contributed by atoms with van der Waals surface area (Å²) < 4.78 is 54.4. The zero-order chi connectivity index (χ0) is 29.4. The normalized spacial score (nSPS) is 12.1. The molecule has 0 aliphatic rings. The molecule has 0 radical (unpaired) electrons. The van der Waals surface area contributed by atoms with Gasteiger partial charge in [-0.25, -0.2) is 36.3 Å². The SMILES string of the molecule is CCc1nc2c(C)cc(C)nc2n1-c1ccc(CCNC(=O)NS(=O)(=O)c2ccc(S(=O)(=O)c3cccs3)s2)cc1. The number of carbonyl (C=O) groups is 1. The molecule has 10 nitrogen and oxygen atoms in total. The standard InChI is InChI=1S/C27H27N5O5S4/c1-4-21-30-25-17(2)16-18(3)29-26(25)32(21)20-9-7-19(8-10-20)13-14-28-27(33)31-41(36,37)24-12-11-23(39-24)40(34,35)22-6-5-15-38-22/h5-12,15-16H,4,13-14H2,1-3H3,(H2,28,31,33). The van der Waals surface area contributed by atoms with Crippen molar-refractivity contribution in [3.8, 4) is 5.69 Å². The summed E-state index contributed by atoms with van der Waals surface area (Å²) in [6.07, 6.45) is 1.22. The fourth-order valence-corrected chi connectivity index (χ4v) is 9.72. The second-order valence-electron chi connectivity index (χ2n) is 9.26. The van der Waals surface area contributed by atoms with Crippen molar-refractivity contribution in [1.82, 2.24) is 24.6 Å². The molecule has 0 saturated carbocycles. The Balaban J connectivity index is 1.21. The van der Waals surface area contributed by atoms with E-state index in [0.717, 1.165) is 57.3 Å². The number of hydrogen-bond acceptors (Lipinski definition) is 9. The van der Waals surface area contributed by atoms with Gasteiger partial charge in [-0.2, -0.15) is 0 Å². The van der Waals surface area contributed by atoms with E-state index < -0.39 is 25.9 Å². The predicted molar refractivity (Wildman–Crippen MR) is 159 cm³/mol. The number of nitrogens with zero attached hydrogens (tertiary/aromatic N) is 3. The molecule has 5 rings (SSSR count). The topological polar surface area (TPSA) is 140 Å². The Morgan fingerprint density at radius 3 is 2.37 bits per heavy atom. The molecule has 0 atom stereocenters. The average molecular weight is 630 g/mol. The minimum absolute atomic E-state index is 0.111. The highest BCUT2D eigenvalue weighted by Crippen LogP contribution is 2.32. The van der Waals surface area contributed by atoms with E-state index in [0.29, 0.717) is 17.8 Å². The Morgan fingerprint density at radius 2 is 1.68 bits per heavy atom. The van der Waals surface area contributed by atoms with E-state index in [1.165, 1.54) is 18.2 Å². The van der Waals surface area contributed by atoms with Crippen molar-refractivity contribution in [3.05, 3.63) is 82.6 Å². The van der Waals surface area contributed by atoms with Gasteiger partial charge < -0.3 is 5.32 Å². The van der Waals surface area contributed by atoms with Crippen LogP contribution < -0.4 is 10.0 Å². The highest BCUT2D eigenvalue weighted by atomic mass is 32.3. The van der Waals surface area contributed by atoms with Crippen LogP contribution in [0.3, 0.4) is 0 Å². The van der Waals surface area contributed by atoms with Crippen LogP contribution in [0.25, 0.3) is 16.9 Å². The van der Waals surface area contributed by atoms with Crippen LogP contribution in [0.15, 0.2) is 72.6 Å². The molecule has 1 aromatic carbocycles. The number of urea groups is 1. The summed E-state index contributed by atoms with van der Waals surface area (Å²) in [5, 5.41) is 4.17. The summed E-state index contributed by atoms with van der Waals surface area (Å²) in [7, 11) is -8.05. The van der Waals surface area contributed by atoms with Crippen molar-refractivity contribution in [2.24, 2.45) is 0 Å². The number of aromatic nitrogens is 3. The van der Waals surface area contributed by atoms with Crippen molar-refractivity contribution in [1.29, 1.82) is 0 Å². The van der Waals surface area contributed by atoms with E-state index in [9.17, 15) is 21.6 Å². The number of fused-ring (bicyclic) bond motifs is 1. The molecule has 0 aliphatic carbocycles. The number of aryl methyl sites for hydroxylation is 3. The molecule has 41 heavy (non-hydrogen) atoms. The van der Waals surface area contributed by atoms with E-state index in [-0.39, 0.29) is 19.2 Å². The molecule has 14 heteroatoms. The van der Waals surface area contributed by atoms with Crippen LogP contribution in [0.5, 0.6) is 0 Å². The molecule has 214 valence electrons. The number of benzene rings is 1. The Hall–Kier alpha value is -3.59. The lowest BCUT2D eigenvalue weighted by molar-refractivity contribution is 0.246. The number of sulfonamides is 1. The van der Waals surface area contributed by atoms with Gasteiger partial charge in [0.2, 0.25) is 9.84 Å². The van der Waals surface area contributed by atoms with Crippen LogP contribution in [0.4, 0.5) is 4.79 Å². The maximum Gasteiger partial charge on any atom is 0.328 e. The van der Waals surface area contributed by atoms with Gasteiger partial charge in [-0.05, 0) is 73.2 Å². The van der Waals surface area contributed by atoms with Gasteiger partial charge in [0, 0.05) is 24.3 Å². The van der Waals surface area contributed by atoms with Crippen molar-refractivity contribution in [3.63, 3.8) is 0 Å². The molecular formula is C27H27N5O5S4. The summed E-state index contributed by atoms with van der Waals surface area (Å²) in [6, 6.07) is 14.4. The molecule has 0 saturated heterocycles. The van der Waals surface area contributed by atoms with Gasteiger partial charge in [-0.3, -0.25) is 4.57 Å². The first-order chi connectivity index (χ1) is 19.5. The van der Waals surface area contributed by atoms with Crippen LogP contribution in [-0.4, -0.2) is 43.9 Å². The maximum atomic E-state index is 12.7. The molecule has 4 aromatic heterocycles. The number of sulfone groups is 1. The summed E-state index contributed by atoms with van der Waals surface area (Å²) in [4.78, 5) is 21.8. The molecule has 0 aliphatic heterocycles. The number of pyridine rings is 1. The second kappa shape index (κ2) is 11.4. The quantitative estimate of drug-likeness (QED) is 0.239. The van der Waals surface area contributed by atoms with E-state index in [2.05, 4.69) is 16.8 Å². The lowest BCUT2D eigenvalue weighted by atomic mass is 10.1. The molecule has 5 aromatic rings. The van der Waals surface area contributed by atoms with Gasteiger partial charge in [-0.1, -0.05) is 25.1 Å². The Kier molecular flexibility index (Phi) is 8.01. The number of rotatable bonds is 9. The smallest absolute Gasteiger partial charge is 0.328 e. The largest absolute Gasteiger partial charge is 0.337 e. The number of carbonyl (C=O) groups excluding carboxylic acids is 1. The summed E-state index contributed by atoms with van der Waals surface area (Å²) in [6.45, 7) is 6.23. The van der Waals surface area contributed by atoms with E-state index in [4.69, 9.17) is 9.97 Å². The first-order valence-electron chi connectivity index (χ1n) is 12.6. The first kappa shape index (κ1) is 28.9. The van der Waals surface area contributed by atoms with Gasteiger partial charge in [0.05, 0.1) is 0 Å². The minimum Gasteiger partial charge on any atom is -0.337 e. The number of nitrogens with one attached hydrogen (secondary N) is 2. The fraction of sp³-hybridized carbons (Fsp3) is 0.222. The maximum absolute atomic E-state index is 12.7. The number of hydrogen-bond donors (Lipinski definition) is 2. The Morgan fingerprint density at radius 1 is 0.951 bits per heavy atom. The zero-order valence-corrected chi connectivity index (χ0v) is 25.7. The van der Waals surface area contributed by atoms with Crippen LogP contribution >= 0.6 is 22.7 Å². The Bertz CT molecular complexity index is 1940. The minimum atomic E-state index is -4.24. The highest BCUT2D eigenvalue weighted by Gasteiger charge is 2.26. The Labute approximate surface area is 246 Å². The van der Waals surface area contributed by atoms with Gasteiger partial charge in [0.15, 0.2) is 5.65 Å². The molecule has 2 N–H and O–H groups in total. The molecule has 0 fully saturated rings. The molecule has 0 unspecified atom stereocenters. The zero-order valence-electron chi connectivity index (χ0n) is 22.4. The fourth-order valence-electron chi connectivity index (χ4n) is 4.36. The van der Waals surface area contributed by atoms with Gasteiger partial charge in [0.25, 0.3) is 10.0 Å². The molecule has 0 bridgehead atoms. The average Bonchev–Trinajstić information content (AvgIpc) is 3.69. The van der Waals surface area contributed by atoms with Gasteiger partial charge in [0.1, 0.15) is 24.0 Å². The highest BCUT2D eigenvalue weighted by molar-refractivity contribution is 7.96. The van der Waals surface area contributed by atoms with Crippen molar-refractivity contribution in [2.45, 2.75) is 46.2 Å². The van der Waals surface area contributed by atoms with Crippen LogP contribution in [0.2, 0.25) is 0 Å². The lowest BCUT2D eigenvalue weighted by Gasteiger charge is -2.10. The lowest BCUT2D eigenvalue weighted by Crippen LogP contribution is -2.39. The summed E-state index contributed by atoms with van der Waals surface area (Å²) in [5.74, 6) is 0.912. The van der Waals surface area contributed by atoms with E-state index >= 15 is 0 Å². The molecule has 2 amide bonds. The van der Waals surface area contributed by atoms with Crippen molar-refractivity contribution < 1.29 is 21.6 Å². The van der Waals surface area contributed by atoms with Crippen LogP contribution in [-0.2, 0) is 32.7 Å². The third-order valence-electron chi connectivity index (χ3n) is 6.29. The molecule has 0 spiro atoms. The first-order valence-corrected chi connectivity index (χ1v) is 17.3. The van der Waals surface area contributed by atoms with Crippen LogP contribution in [0, 0.1) is 13.8 Å². The van der Waals surface area contributed by atoms with E-state index in [1.807, 2.05) is 48.9 Å². The van der Waals surface area contributed by atoms with Crippen molar-refractivity contribution in [2.75, 3.05) is 6.54 Å². The van der Waals surface area contributed by atoms with E-state index in [1.54, 1.807) is 11.4 Å². The monoisotopic (exact) mass is 629 g/mol. The number of thiophene rings is 2. The number of imidazole rings is 1. The predicted octanol–water partition coefficient (Wildman–Crippen LogP) is 4.79. The third-order valence-corrected chi connectivity index (χ3v) is 12.8. The number of amides is 2. The van der Waals surface area contributed by atoms with Crippen LogP contribution in [0.1, 0.15) is 29.6 Å². The molecule has 4 heterocycles. The second-order valence-corrected chi connectivity index (χ2v) is 15.6. The van der Waals surface area contributed by atoms with Crippen molar-refractivity contribution >= 4 is 59.7 Å². The van der Waals surface area contributed by atoms with Gasteiger partial charge >= 0.3 is 6.03 Å². The van der Waals surface area contributed by atoms with Gasteiger partial charge in [-0.15, -0.1) is 22.7 Å².